The third-order valence-electron chi connectivity index (χ3n) is 7.90. The Kier molecular flexibility index (Phi) is 9.20. The van der Waals surface area contributed by atoms with Crippen molar-refractivity contribution < 1.29 is 13.2 Å². The van der Waals surface area contributed by atoms with Crippen molar-refractivity contribution in [1.82, 2.24) is 23.9 Å². The highest BCUT2D eigenvalue weighted by Crippen LogP contribution is 2.27. The van der Waals surface area contributed by atoms with E-state index < -0.39 is 10.0 Å². The van der Waals surface area contributed by atoms with Crippen molar-refractivity contribution in [3.05, 3.63) is 147 Å². The van der Waals surface area contributed by atoms with Crippen LogP contribution in [0.5, 0.6) is 0 Å². The molecular formula is C36H30ClN5O4S2. The predicted molar refractivity (Wildman–Crippen MR) is 190 cm³/mol. The topological polar surface area (TPSA) is 102 Å². The fourth-order valence-electron chi connectivity index (χ4n) is 5.40. The summed E-state index contributed by atoms with van der Waals surface area (Å²) >= 11 is 7.56. The first-order valence-electron chi connectivity index (χ1n) is 15.2. The predicted octanol–water partition coefficient (Wildman–Crippen LogP) is 5.05. The van der Waals surface area contributed by atoms with Crippen LogP contribution in [0.3, 0.4) is 0 Å². The number of aromatic amines is 1. The van der Waals surface area contributed by atoms with E-state index in [9.17, 15) is 13.2 Å². The Morgan fingerprint density at radius 3 is 2.15 bits per heavy atom. The number of ether oxygens (including phenoxy) is 1. The molecule has 1 saturated heterocycles. The Balaban J connectivity index is 1.37. The molecule has 4 aromatic carbocycles. The number of benzene rings is 4. The molecule has 48 heavy (non-hydrogen) atoms. The first-order chi connectivity index (χ1) is 23.4. The zero-order valence-electron chi connectivity index (χ0n) is 25.6. The van der Waals surface area contributed by atoms with Crippen molar-refractivity contribution in [2.24, 2.45) is 0 Å². The van der Waals surface area contributed by atoms with Crippen LogP contribution in [0.4, 0.5) is 0 Å². The van der Waals surface area contributed by atoms with Crippen LogP contribution in [0.2, 0.25) is 5.02 Å². The number of H-pyrrole nitrogens is 1. The number of aromatic nitrogens is 4. The second kappa shape index (κ2) is 13.8. The number of rotatable bonds is 8. The van der Waals surface area contributed by atoms with Crippen LogP contribution in [0, 0.1) is 0 Å². The number of morpholine rings is 1. The van der Waals surface area contributed by atoms with Crippen LogP contribution in [0.1, 0.15) is 5.56 Å². The zero-order chi connectivity index (χ0) is 33.1. The summed E-state index contributed by atoms with van der Waals surface area (Å²) in [5, 5.41) is 11.8. The van der Waals surface area contributed by atoms with Gasteiger partial charge in [-0.2, -0.15) is 9.40 Å². The Morgan fingerprint density at radius 1 is 0.833 bits per heavy atom. The number of nitrogens with zero attached hydrogens (tertiary/aromatic N) is 4. The molecule has 0 unspecified atom stereocenters. The van der Waals surface area contributed by atoms with E-state index in [0.717, 1.165) is 10.6 Å². The van der Waals surface area contributed by atoms with Gasteiger partial charge in [-0.3, -0.25) is 9.89 Å². The van der Waals surface area contributed by atoms with E-state index in [1.54, 1.807) is 28.9 Å². The summed E-state index contributed by atoms with van der Waals surface area (Å²) < 4.78 is 36.7. The molecule has 1 aliphatic rings. The van der Waals surface area contributed by atoms with Crippen LogP contribution >= 0.6 is 23.4 Å². The summed E-state index contributed by atoms with van der Waals surface area (Å²) in [6.45, 7) is 1.38. The maximum atomic E-state index is 14.0. The summed E-state index contributed by atoms with van der Waals surface area (Å²) in [5.74, 6) is 0. The molecule has 0 bridgehead atoms. The van der Waals surface area contributed by atoms with Crippen LogP contribution in [-0.4, -0.2) is 58.6 Å². The van der Waals surface area contributed by atoms with Crippen molar-refractivity contribution in [1.29, 1.82) is 0 Å². The molecule has 12 heteroatoms. The molecule has 1 fully saturated rings. The molecule has 0 atom stereocenters. The highest BCUT2D eigenvalue weighted by molar-refractivity contribution is 8.06. The second-order valence-corrected chi connectivity index (χ2v) is 14.3. The van der Waals surface area contributed by atoms with Crippen molar-refractivity contribution in [2.45, 2.75) is 9.79 Å². The van der Waals surface area contributed by atoms with E-state index in [-0.39, 0.29) is 10.5 Å². The van der Waals surface area contributed by atoms with E-state index in [4.69, 9.17) is 21.4 Å². The van der Waals surface area contributed by atoms with Crippen LogP contribution in [0.15, 0.2) is 130 Å². The molecule has 0 saturated carbocycles. The standard InChI is InChI=1S/C36H30ClN5O4S2/c37-28-13-15-31(16-14-28)47-25-34-33(36(43)42(38-34)30-9-5-2-6-10-30)23-27-24-41(29-7-3-1-4-8-29)39-35(27)26-11-17-32(18-12-26)48(44,45)40-19-21-46-22-20-40/h1-18,23-25,38H,19-22H2/b33-23-,34-25-. The van der Waals surface area contributed by atoms with Gasteiger partial charge in [-0.05, 0) is 66.7 Å². The first kappa shape index (κ1) is 31.9. The fraction of sp³-hybridized carbons (Fsp3) is 0.111. The van der Waals surface area contributed by atoms with Gasteiger partial charge in [-0.1, -0.05) is 71.9 Å². The number of halogens is 1. The number of nitrogens with one attached hydrogen (secondary N) is 1. The molecule has 0 aliphatic carbocycles. The van der Waals surface area contributed by atoms with Crippen molar-refractivity contribution in [3.63, 3.8) is 0 Å². The molecule has 1 N–H and O–H groups in total. The van der Waals surface area contributed by atoms with E-state index >= 15 is 0 Å². The zero-order valence-corrected chi connectivity index (χ0v) is 28.0. The Labute approximate surface area is 286 Å². The van der Waals surface area contributed by atoms with Gasteiger partial charge in [0.05, 0.1) is 45.7 Å². The molecule has 6 aromatic rings. The van der Waals surface area contributed by atoms with Gasteiger partial charge in [-0.15, -0.1) is 0 Å². The van der Waals surface area contributed by atoms with Crippen LogP contribution in [-0.2, 0) is 14.8 Å². The summed E-state index contributed by atoms with van der Waals surface area (Å²) in [4.78, 5) is 15.2. The maximum absolute atomic E-state index is 14.0. The maximum Gasteiger partial charge on any atom is 0.279 e. The lowest BCUT2D eigenvalue weighted by molar-refractivity contribution is 0.0730. The van der Waals surface area contributed by atoms with Crippen molar-refractivity contribution >= 4 is 44.9 Å². The number of para-hydroxylation sites is 2. The third kappa shape index (κ3) is 6.69. The first-order valence-corrected chi connectivity index (χ1v) is 17.9. The summed E-state index contributed by atoms with van der Waals surface area (Å²) in [7, 11) is -3.67. The molecule has 2 aromatic heterocycles. The number of thioether (sulfide) groups is 1. The molecule has 0 amide bonds. The van der Waals surface area contributed by atoms with Gasteiger partial charge in [0.2, 0.25) is 10.0 Å². The second-order valence-electron chi connectivity index (χ2n) is 11.0. The van der Waals surface area contributed by atoms with Gasteiger partial charge in [0.25, 0.3) is 5.56 Å². The van der Waals surface area contributed by atoms with E-state index in [1.807, 2.05) is 103 Å². The van der Waals surface area contributed by atoms with Crippen LogP contribution < -0.4 is 16.1 Å². The minimum Gasteiger partial charge on any atom is -0.379 e. The van der Waals surface area contributed by atoms with E-state index in [1.165, 1.54) is 20.7 Å². The summed E-state index contributed by atoms with van der Waals surface area (Å²) in [5.41, 5.74) is 3.30. The highest BCUT2D eigenvalue weighted by atomic mass is 35.5. The lowest BCUT2D eigenvalue weighted by atomic mass is 10.1. The normalized spacial score (nSPS) is 14.9. The van der Waals surface area contributed by atoms with Gasteiger partial charge < -0.3 is 4.74 Å². The van der Waals surface area contributed by atoms with Crippen molar-refractivity contribution in [2.75, 3.05) is 26.3 Å². The van der Waals surface area contributed by atoms with Gasteiger partial charge >= 0.3 is 0 Å². The number of hydrogen-bond acceptors (Lipinski definition) is 6. The minimum atomic E-state index is -3.67. The number of sulfonamides is 1. The van der Waals surface area contributed by atoms with Crippen LogP contribution in [0.25, 0.3) is 34.1 Å². The largest absolute Gasteiger partial charge is 0.379 e. The molecule has 242 valence electrons. The smallest absolute Gasteiger partial charge is 0.279 e. The van der Waals surface area contributed by atoms with Crippen molar-refractivity contribution in [3.8, 4) is 22.6 Å². The molecular weight excluding hydrogens is 666 g/mol. The lowest BCUT2D eigenvalue weighted by Crippen LogP contribution is -2.40. The average Bonchev–Trinajstić information content (AvgIpc) is 3.70. The Bertz CT molecular complexity index is 2330. The van der Waals surface area contributed by atoms with Gasteiger partial charge in [-0.25, -0.2) is 17.8 Å². The summed E-state index contributed by atoms with van der Waals surface area (Å²) in [6.07, 6.45) is 3.70. The molecule has 1 aliphatic heterocycles. The van der Waals surface area contributed by atoms with E-state index in [0.29, 0.717) is 64.4 Å². The SMILES string of the molecule is O=c1c(=C\c2cn(-c3ccccc3)nc2-c2ccc(S(=O)(=O)N3CCOCC3)cc2)/c(=C/Sc2ccc(Cl)cc2)[nH]n1-c1ccccc1. The third-order valence-corrected chi connectivity index (χ3v) is 11.0. The Hall–Kier alpha value is -4.65. The average molecular weight is 696 g/mol. The molecule has 0 spiro atoms. The highest BCUT2D eigenvalue weighted by Gasteiger charge is 2.26. The molecule has 3 heterocycles. The minimum absolute atomic E-state index is 0.202. The lowest BCUT2D eigenvalue weighted by Gasteiger charge is -2.26. The summed E-state index contributed by atoms with van der Waals surface area (Å²) in [6, 6.07) is 33.3. The quantitative estimate of drug-likeness (QED) is 0.224. The van der Waals surface area contributed by atoms with Gasteiger partial charge in [0, 0.05) is 45.7 Å². The Morgan fingerprint density at radius 2 is 1.48 bits per heavy atom. The van der Waals surface area contributed by atoms with E-state index in [2.05, 4.69) is 5.10 Å². The number of hydrogen-bond donors (Lipinski definition) is 1. The molecule has 9 nitrogen and oxygen atoms in total. The molecule has 0 radical (unpaired) electrons. The van der Waals surface area contributed by atoms with Gasteiger partial charge in [0.1, 0.15) is 0 Å². The van der Waals surface area contributed by atoms with Gasteiger partial charge in [0.15, 0.2) is 0 Å². The fourth-order valence-corrected chi connectivity index (χ4v) is 7.66. The monoisotopic (exact) mass is 695 g/mol. The molecule has 7 rings (SSSR count).